The lowest BCUT2D eigenvalue weighted by Crippen LogP contribution is -2.43. The van der Waals surface area contributed by atoms with Gasteiger partial charge in [0, 0.05) is 5.56 Å². The van der Waals surface area contributed by atoms with Gasteiger partial charge >= 0.3 is 5.97 Å². The molecule has 0 unspecified atom stereocenters. The second-order valence-electron chi connectivity index (χ2n) is 5.83. The fourth-order valence-corrected chi connectivity index (χ4v) is 2.37. The minimum absolute atomic E-state index is 0.206. The van der Waals surface area contributed by atoms with E-state index in [0.29, 0.717) is 36.0 Å². The van der Waals surface area contributed by atoms with Crippen molar-refractivity contribution >= 4 is 17.8 Å². The van der Waals surface area contributed by atoms with E-state index in [-0.39, 0.29) is 5.56 Å². The van der Waals surface area contributed by atoms with Crippen molar-refractivity contribution in [3.8, 4) is 17.2 Å². The quantitative estimate of drug-likeness (QED) is 0.476. The van der Waals surface area contributed by atoms with Gasteiger partial charge in [0.15, 0.2) is 18.1 Å². The molecule has 0 bridgehead atoms. The van der Waals surface area contributed by atoms with Gasteiger partial charge in [-0.2, -0.15) is 0 Å². The molecule has 2 amide bonds. The van der Waals surface area contributed by atoms with Gasteiger partial charge < -0.3 is 18.9 Å². The molecule has 30 heavy (non-hydrogen) atoms. The number of hydrogen-bond donors (Lipinski definition) is 2. The Labute approximate surface area is 174 Å². The van der Waals surface area contributed by atoms with Gasteiger partial charge in [-0.25, -0.2) is 4.79 Å². The average Bonchev–Trinajstić information content (AvgIpc) is 2.77. The molecule has 0 radical (unpaired) electrons. The van der Waals surface area contributed by atoms with Crippen LogP contribution >= 0.6 is 0 Å². The summed E-state index contributed by atoms with van der Waals surface area (Å²) in [6, 6.07) is 10.9. The van der Waals surface area contributed by atoms with E-state index in [4.69, 9.17) is 18.9 Å². The van der Waals surface area contributed by atoms with E-state index >= 15 is 0 Å². The summed E-state index contributed by atoms with van der Waals surface area (Å²) in [5.41, 5.74) is 4.95. The third-order valence-corrected chi connectivity index (χ3v) is 3.78. The Balaban J connectivity index is 1.85. The van der Waals surface area contributed by atoms with Crippen LogP contribution in [0.2, 0.25) is 0 Å². The second-order valence-corrected chi connectivity index (χ2v) is 5.83. The van der Waals surface area contributed by atoms with Gasteiger partial charge in [0.1, 0.15) is 5.75 Å². The average molecular weight is 416 g/mol. The molecule has 2 N–H and O–H groups in total. The highest BCUT2D eigenvalue weighted by molar-refractivity contribution is 5.96. The van der Waals surface area contributed by atoms with Gasteiger partial charge in [0.05, 0.1) is 25.9 Å². The number of methoxy groups -OCH3 is 1. The topological polar surface area (TPSA) is 112 Å². The molecule has 9 nitrogen and oxygen atoms in total. The summed E-state index contributed by atoms with van der Waals surface area (Å²) in [6.07, 6.45) is 0. The molecule has 2 aromatic carbocycles. The van der Waals surface area contributed by atoms with Gasteiger partial charge in [-0.15, -0.1) is 0 Å². The Kier molecular flexibility index (Phi) is 8.49. The number of carbonyl (C=O) groups excluding carboxylic acids is 3. The molecular formula is C21H24N2O7. The third-order valence-electron chi connectivity index (χ3n) is 3.78. The maximum absolute atomic E-state index is 12.2. The monoisotopic (exact) mass is 416 g/mol. The Hall–Kier alpha value is -3.75. The zero-order valence-electron chi connectivity index (χ0n) is 17.0. The lowest BCUT2D eigenvalue weighted by molar-refractivity contribution is -0.125. The molecule has 0 fully saturated rings. The van der Waals surface area contributed by atoms with Crippen LogP contribution in [0.5, 0.6) is 17.2 Å². The molecule has 0 atom stereocenters. The summed E-state index contributed by atoms with van der Waals surface area (Å²) in [5.74, 6) is -0.411. The van der Waals surface area contributed by atoms with E-state index < -0.39 is 24.4 Å². The molecule has 0 aliphatic carbocycles. The first-order valence-electron chi connectivity index (χ1n) is 9.28. The molecule has 0 aromatic heterocycles. The Morgan fingerprint density at radius 2 is 1.47 bits per heavy atom. The van der Waals surface area contributed by atoms with E-state index in [1.54, 1.807) is 30.3 Å². The summed E-state index contributed by atoms with van der Waals surface area (Å²) < 4.78 is 20.9. The van der Waals surface area contributed by atoms with Gasteiger partial charge in [0.2, 0.25) is 0 Å². The Morgan fingerprint density at radius 1 is 0.833 bits per heavy atom. The molecule has 2 aromatic rings. The van der Waals surface area contributed by atoms with Crippen LogP contribution in [0, 0.1) is 0 Å². The molecule has 0 aliphatic rings. The number of nitrogens with one attached hydrogen (secondary N) is 2. The maximum Gasteiger partial charge on any atom is 0.338 e. The van der Waals surface area contributed by atoms with Crippen molar-refractivity contribution in [2.75, 3.05) is 26.9 Å². The van der Waals surface area contributed by atoms with Crippen molar-refractivity contribution < 1.29 is 33.3 Å². The molecule has 9 heteroatoms. The predicted octanol–water partition coefficient (Wildman–Crippen LogP) is 2.11. The van der Waals surface area contributed by atoms with E-state index in [2.05, 4.69) is 10.9 Å². The zero-order valence-corrected chi connectivity index (χ0v) is 17.0. The molecule has 0 saturated carbocycles. The first-order valence-corrected chi connectivity index (χ1v) is 9.28. The lowest BCUT2D eigenvalue weighted by Gasteiger charge is -2.12. The number of rotatable bonds is 9. The summed E-state index contributed by atoms with van der Waals surface area (Å²) in [7, 11) is 1.52. The fraction of sp³-hybridized carbons (Fsp3) is 0.286. The maximum atomic E-state index is 12.2. The highest BCUT2D eigenvalue weighted by Crippen LogP contribution is 2.28. The van der Waals surface area contributed by atoms with Gasteiger partial charge in [-0.05, 0) is 56.3 Å². The molecule has 0 heterocycles. The van der Waals surface area contributed by atoms with Crippen LogP contribution in [0.15, 0.2) is 42.5 Å². The van der Waals surface area contributed by atoms with Gasteiger partial charge in [-0.3, -0.25) is 20.4 Å². The second kappa shape index (κ2) is 11.3. The van der Waals surface area contributed by atoms with Crippen LogP contribution in [0.3, 0.4) is 0 Å². The van der Waals surface area contributed by atoms with Crippen molar-refractivity contribution in [3.05, 3.63) is 53.6 Å². The number of carbonyl (C=O) groups is 3. The van der Waals surface area contributed by atoms with Crippen molar-refractivity contribution in [2.24, 2.45) is 0 Å². The molecule has 160 valence electrons. The molecule has 0 aliphatic heterocycles. The van der Waals surface area contributed by atoms with Gasteiger partial charge in [-0.1, -0.05) is 0 Å². The van der Waals surface area contributed by atoms with Crippen molar-refractivity contribution in [2.45, 2.75) is 13.8 Å². The summed E-state index contributed by atoms with van der Waals surface area (Å²) in [5, 5.41) is 0. The summed E-state index contributed by atoms with van der Waals surface area (Å²) in [4.78, 5) is 36.0. The van der Waals surface area contributed by atoms with E-state index in [0.717, 1.165) is 0 Å². The standard InChI is InChI=1S/C21H24N2O7/c1-4-28-17-11-8-15(12-18(17)29-5-2)21(26)30-13-19(24)22-23-20(25)14-6-9-16(27-3)10-7-14/h6-12H,4-5,13H2,1-3H3,(H,22,24)(H,23,25). The third kappa shape index (κ3) is 6.40. The number of ether oxygens (including phenoxy) is 4. The van der Waals surface area contributed by atoms with Crippen LogP contribution in [0.25, 0.3) is 0 Å². The van der Waals surface area contributed by atoms with Crippen LogP contribution < -0.4 is 25.1 Å². The molecule has 0 spiro atoms. The highest BCUT2D eigenvalue weighted by Gasteiger charge is 2.15. The first kappa shape index (κ1) is 22.5. The lowest BCUT2D eigenvalue weighted by atomic mass is 10.2. The number of hydrazine groups is 1. The first-order chi connectivity index (χ1) is 14.5. The van der Waals surface area contributed by atoms with Crippen LogP contribution in [-0.2, 0) is 9.53 Å². The molecule has 2 rings (SSSR count). The smallest absolute Gasteiger partial charge is 0.338 e. The largest absolute Gasteiger partial charge is 0.497 e. The minimum atomic E-state index is -0.712. The Morgan fingerprint density at radius 3 is 2.10 bits per heavy atom. The van der Waals surface area contributed by atoms with Crippen LogP contribution in [0.4, 0.5) is 0 Å². The van der Waals surface area contributed by atoms with E-state index in [9.17, 15) is 14.4 Å². The fourth-order valence-electron chi connectivity index (χ4n) is 2.37. The summed E-state index contributed by atoms with van der Waals surface area (Å²) >= 11 is 0. The predicted molar refractivity (Wildman–Crippen MR) is 108 cm³/mol. The van der Waals surface area contributed by atoms with Crippen LogP contribution in [0.1, 0.15) is 34.6 Å². The van der Waals surface area contributed by atoms with Gasteiger partial charge in [0.25, 0.3) is 11.8 Å². The van der Waals surface area contributed by atoms with Crippen molar-refractivity contribution in [3.63, 3.8) is 0 Å². The van der Waals surface area contributed by atoms with E-state index in [1.807, 2.05) is 13.8 Å². The number of benzene rings is 2. The van der Waals surface area contributed by atoms with Crippen molar-refractivity contribution in [1.82, 2.24) is 10.9 Å². The van der Waals surface area contributed by atoms with Crippen molar-refractivity contribution in [1.29, 1.82) is 0 Å². The Bertz CT molecular complexity index is 881. The molecular weight excluding hydrogens is 392 g/mol. The number of hydrogen-bond acceptors (Lipinski definition) is 7. The zero-order chi connectivity index (χ0) is 21.9. The minimum Gasteiger partial charge on any atom is -0.497 e. The van der Waals surface area contributed by atoms with Crippen LogP contribution in [-0.4, -0.2) is 44.7 Å². The van der Waals surface area contributed by atoms with E-state index in [1.165, 1.54) is 19.2 Å². The normalized spacial score (nSPS) is 9.97. The summed E-state index contributed by atoms with van der Waals surface area (Å²) in [6.45, 7) is 3.93. The highest BCUT2D eigenvalue weighted by atomic mass is 16.5. The number of amides is 2. The molecule has 0 saturated heterocycles. The number of esters is 1. The SMILES string of the molecule is CCOc1ccc(C(=O)OCC(=O)NNC(=O)c2ccc(OC)cc2)cc1OCC.